The topological polar surface area (TPSA) is 38.9 Å². The number of hydrogen-bond donors (Lipinski definition) is 0. The Kier molecular flexibility index (Phi) is 3.85. The van der Waals surface area contributed by atoms with Gasteiger partial charge in [-0.3, -0.25) is 9.97 Å². The van der Waals surface area contributed by atoms with Gasteiger partial charge in [0.05, 0.1) is 11.1 Å². The molecule has 0 saturated heterocycles. The molecular formula is C28H24N2O. The van der Waals surface area contributed by atoms with Crippen molar-refractivity contribution in [1.29, 1.82) is 0 Å². The molecule has 3 heteroatoms. The zero-order chi connectivity index (χ0) is 21.2. The van der Waals surface area contributed by atoms with Crippen LogP contribution in [0.25, 0.3) is 44.3 Å². The van der Waals surface area contributed by atoms with Crippen molar-refractivity contribution < 1.29 is 4.42 Å². The lowest BCUT2D eigenvalue weighted by Gasteiger charge is -2.23. The minimum Gasteiger partial charge on any atom is -0.456 e. The van der Waals surface area contributed by atoms with Gasteiger partial charge in [-0.1, -0.05) is 45.0 Å². The number of benzene rings is 2. The van der Waals surface area contributed by atoms with Crippen LogP contribution in [0.3, 0.4) is 0 Å². The van der Waals surface area contributed by atoms with Crippen LogP contribution < -0.4 is 0 Å². The Hall–Kier alpha value is -3.46. The Morgan fingerprint density at radius 2 is 1.81 bits per heavy atom. The smallest absolute Gasteiger partial charge is 0.139 e. The number of hydrogen-bond acceptors (Lipinski definition) is 3. The molecule has 0 N–H and O–H groups in total. The summed E-state index contributed by atoms with van der Waals surface area (Å²) in [5, 5.41) is 3.70. The van der Waals surface area contributed by atoms with E-state index in [1.165, 1.54) is 27.5 Å². The molecule has 0 radical (unpaired) electrons. The first-order valence-electron chi connectivity index (χ1n) is 10.9. The lowest BCUT2D eigenvalue weighted by molar-refractivity contribution is 0.596. The fraction of sp³-hybridized carbons (Fsp3) is 0.214. The molecule has 152 valence electrons. The summed E-state index contributed by atoms with van der Waals surface area (Å²) >= 11 is 0. The van der Waals surface area contributed by atoms with Crippen molar-refractivity contribution in [3.8, 4) is 22.6 Å². The Balaban J connectivity index is 1.66. The SMILES string of the molecule is CC(C)(C)c1cc(-c2nccc3oc4c(c23)CCc2cnccc2-4)cc2ccccc12. The van der Waals surface area contributed by atoms with Gasteiger partial charge in [0.25, 0.3) is 0 Å². The van der Waals surface area contributed by atoms with E-state index >= 15 is 0 Å². The third-order valence-corrected chi connectivity index (χ3v) is 6.44. The van der Waals surface area contributed by atoms with E-state index in [2.05, 4.69) is 68.2 Å². The summed E-state index contributed by atoms with van der Waals surface area (Å²) < 4.78 is 6.40. The first-order chi connectivity index (χ1) is 15.0. The van der Waals surface area contributed by atoms with Crippen LogP contribution in [0.15, 0.2) is 71.5 Å². The third kappa shape index (κ3) is 2.80. The molecule has 3 nitrogen and oxygen atoms in total. The summed E-state index contributed by atoms with van der Waals surface area (Å²) in [6.45, 7) is 6.83. The van der Waals surface area contributed by atoms with Crippen molar-refractivity contribution in [3.63, 3.8) is 0 Å². The number of fused-ring (bicyclic) bond motifs is 6. The van der Waals surface area contributed by atoms with E-state index in [4.69, 9.17) is 9.40 Å². The molecule has 0 unspecified atom stereocenters. The lowest BCUT2D eigenvalue weighted by atomic mass is 9.82. The van der Waals surface area contributed by atoms with Crippen molar-refractivity contribution in [2.45, 2.75) is 39.0 Å². The van der Waals surface area contributed by atoms with Crippen LogP contribution in [0, 0.1) is 0 Å². The van der Waals surface area contributed by atoms with Gasteiger partial charge in [0.15, 0.2) is 0 Å². The number of aromatic nitrogens is 2. The number of furan rings is 1. The second-order valence-electron chi connectivity index (χ2n) is 9.47. The maximum Gasteiger partial charge on any atom is 0.139 e. The fourth-order valence-electron chi connectivity index (χ4n) is 4.96. The Morgan fingerprint density at radius 1 is 0.935 bits per heavy atom. The van der Waals surface area contributed by atoms with Gasteiger partial charge in [0, 0.05) is 35.3 Å². The maximum atomic E-state index is 6.40. The molecule has 31 heavy (non-hydrogen) atoms. The summed E-state index contributed by atoms with van der Waals surface area (Å²) in [5.41, 5.74) is 8.12. The van der Waals surface area contributed by atoms with Crippen LogP contribution in [0.5, 0.6) is 0 Å². The molecule has 3 aromatic heterocycles. The first-order valence-corrected chi connectivity index (χ1v) is 10.9. The predicted octanol–water partition coefficient (Wildman–Crippen LogP) is 7.11. The van der Waals surface area contributed by atoms with Crippen LogP contribution >= 0.6 is 0 Å². The summed E-state index contributed by atoms with van der Waals surface area (Å²) in [4.78, 5) is 9.17. The summed E-state index contributed by atoms with van der Waals surface area (Å²) in [5.74, 6) is 0.977. The van der Waals surface area contributed by atoms with Gasteiger partial charge in [-0.25, -0.2) is 0 Å². The van der Waals surface area contributed by atoms with Gasteiger partial charge in [-0.2, -0.15) is 0 Å². The number of nitrogens with zero attached hydrogens (tertiary/aromatic N) is 2. The monoisotopic (exact) mass is 404 g/mol. The highest BCUT2D eigenvalue weighted by molar-refractivity contribution is 6.01. The van der Waals surface area contributed by atoms with E-state index < -0.39 is 0 Å². The second-order valence-corrected chi connectivity index (χ2v) is 9.47. The standard InChI is InChI=1S/C28H24N2O/c1-28(2,3)23-15-19(14-17-6-4-5-7-20(17)23)26-25-22-9-8-18-16-29-12-10-21(18)27(22)31-24(25)11-13-30-26/h4-7,10-16H,8-9H2,1-3H3. The van der Waals surface area contributed by atoms with Crippen LogP contribution in [0.2, 0.25) is 0 Å². The molecule has 1 aliphatic carbocycles. The average Bonchev–Trinajstić information content (AvgIpc) is 3.17. The average molecular weight is 405 g/mol. The molecule has 2 aromatic carbocycles. The minimum absolute atomic E-state index is 0.0330. The van der Waals surface area contributed by atoms with Crippen molar-refractivity contribution >= 4 is 21.7 Å². The molecule has 1 aliphatic rings. The van der Waals surface area contributed by atoms with E-state index in [1.807, 2.05) is 24.7 Å². The highest BCUT2D eigenvalue weighted by Gasteiger charge is 2.26. The van der Waals surface area contributed by atoms with Gasteiger partial charge in [-0.05, 0) is 64.4 Å². The van der Waals surface area contributed by atoms with E-state index in [9.17, 15) is 0 Å². The van der Waals surface area contributed by atoms with E-state index in [0.29, 0.717) is 0 Å². The molecule has 0 amide bonds. The van der Waals surface area contributed by atoms with E-state index in [-0.39, 0.29) is 5.41 Å². The Bertz CT molecular complexity index is 1470. The largest absolute Gasteiger partial charge is 0.456 e. The van der Waals surface area contributed by atoms with Crippen LogP contribution in [-0.2, 0) is 18.3 Å². The van der Waals surface area contributed by atoms with Crippen molar-refractivity contribution in [1.82, 2.24) is 9.97 Å². The van der Waals surface area contributed by atoms with Gasteiger partial charge in [0.2, 0.25) is 0 Å². The molecule has 3 heterocycles. The number of pyridine rings is 2. The van der Waals surface area contributed by atoms with Gasteiger partial charge >= 0.3 is 0 Å². The highest BCUT2D eigenvalue weighted by atomic mass is 16.3. The molecule has 5 aromatic rings. The Labute approximate surface area is 181 Å². The first kappa shape index (κ1) is 18.3. The van der Waals surface area contributed by atoms with E-state index in [0.717, 1.165) is 46.4 Å². The van der Waals surface area contributed by atoms with Gasteiger partial charge in [0.1, 0.15) is 11.3 Å². The van der Waals surface area contributed by atoms with Crippen molar-refractivity contribution in [2.24, 2.45) is 0 Å². The zero-order valence-electron chi connectivity index (χ0n) is 18.1. The molecule has 0 bridgehead atoms. The summed E-state index contributed by atoms with van der Waals surface area (Å²) in [7, 11) is 0. The predicted molar refractivity (Wildman–Crippen MR) is 126 cm³/mol. The van der Waals surface area contributed by atoms with Crippen LogP contribution in [0.4, 0.5) is 0 Å². The zero-order valence-corrected chi connectivity index (χ0v) is 18.1. The molecule has 0 spiro atoms. The summed E-state index contributed by atoms with van der Waals surface area (Å²) in [6.07, 6.45) is 7.60. The minimum atomic E-state index is 0.0330. The fourth-order valence-corrected chi connectivity index (χ4v) is 4.96. The second kappa shape index (κ2) is 6.52. The number of rotatable bonds is 1. The lowest BCUT2D eigenvalue weighted by Crippen LogP contribution is -2.12. The van der Waals surface area contributed by atoms with Gasteiger partial charge < -0.3 is 4.42 Å². The van der Waals surface area contributed by atoms with Crippen molar-refractivity contribution in [2.75, 3.05) is 0 Å². The van der Waals surface area contributed by atoms with Crippen LogP contribution in [0.1, 0.15) is 37.5 Å². The van der Waals surface area contributed by atoms with Gasteiger partial charge in [-0.15, -0.1) is 0 Å². The quantitative estimate of drug-likeness (QED) is 0.299. The maximum absolute atomic E-state index is 6.40. The molecule has 0 saturated carbocycles. The van der Waals surface area contributed by atoms with Crippen LogP contribution in [-0.4, -0.2) is 9.97 Å². The van der Waals surface area contributed by atoms with E-state index in [1.54, 1.807) is 0 Å². The molecule has 6 rings (SSSR count). The number of aryl methyl sites for hydroxylation is 2. The highest BCUT2D eigenvalue weighted by Crippen LogP contribution is 2.43. The molecule has 0 aliphatic heterocycles. The molecule has 0 atom stereocenters. The molecular weight excluding hydrogens is 380 g/mol. The van der Waals surface area contributed by atoms with Crippen molar-refractivity contribution in [3.05, 3.63) is 83.8 Å². The summed E-state index contributed by atoms with van der Waals surface area (Å²) in [6, 6.07) is 17.3. The normalized spacial score (nSPS) is 13.4. The Morgan fingerprint density at radius 3 is 2.68 bits per heavy atom. The third-order valence-electron chi connectivity index (χ3n) is 6.44. The molecule has 0 fully saturated rings.